The SMILES string of the molecule is CCc1nn(C)c(CC(=O)c2c(F)cccc2Br)c1Cl. The van der Waals surface area contributed by atoms with E-state index in [-0.39, 0.29) is 17.8 Å². The minimum atomic E-state index is -0.543. The number of ketones is 1. The number of halogens is 3. The van der Waals surface area contributed by atoms with Crippen LogP contribution in [0.4, 0.5) is 4.39 Å². The molecule has 0 aliphatic carbocycles. The van der Waals surface area contributed by atoms with Gasteiger partial charge in [0.15, 0.2) is 5.78 Å². The van der Waals surface area contributed by atoms with E-state index < -0.39 is 5.82 Å². The third-order valence-electron chi connectivity index (χ3n) is 3.07. The smallest absolute Gasteiger partial charge is 0.172 e. The monoisotopic (exact) mass is 358 g/mol. The van der Waals surface area contributed by atoms with Crippen LogP contribution in [-0.4, -0.2) is 15.6 Å². The molecule has 0 saturated carbocycles. The highest BCUT2D eigenvalue weighted by Gasteiger charge is 2.20. The van der Waals surface area contributed by atoms with E-state index in [2.05, 4.69) is 21.0 Å². The van der Waals surface area contributed by atoms with Gasteiger partial charge in [0.2, 0.25) is 0 Å². The molecule has 6 heteroatoms. The van der Waals surface area contributed by atoms with Crippen LogP contribution < -0.4 is 0 Å². The van der Waals surface area contributed by atoms with Crippen LogP contribution in [0.5, 0.6) is 0 Å². The van der Waals surface area contributed by atoms with Gasteiger partial charge in [-0.2, -0.15) is 5.10 Å². The number of carbonyl (C=O) groups is 1. The lowest BCUT2D eigenvalue weighted by atomic mass is 10.1. The molecule has 1 aromatic heterocycles. The van der Waals surface area contributed by atoms with Crippen molar-refractivity contribution in [2.24, 2.45) is 7.05 Å². The minimum Gasteiger partial charge on any atom is -0.294 e. The average Bonchev–Trinajstić information content (AvgIpc) is 2.66. The van der Waals surface area contributed by atoms with E-state index in [1.807, 2.05) is 6.92 Å². The molecule has 0 spiro atoms. The van der Waals surface area contributed by atoms with Gasteiger partial charge in [-0.1, -0.05) is 24.6 Å². The summed E-state index contributed by atoms with van der Waals surface area (Å²) in [4.78, 5) is 12.3. The summed E-state index contributed by atoms with van der Waals surface area (Å²) >= 11 is 9.40. The Bertz CT molecular complexity index is 649. The molecule has 0 bridgehead atoms. The van der Waals surface area contributed by atoms with E-state index in [1.165, 1.54) is 6.07 Å². The Hall–Kier alpha value is -1.20. The molecule has 0 N–H and O–H groups in total. The molecule has 3 nitrogen and oxygen atoms in total. The zero-order valence-corrected chi connectivity index (χ0v) is 13.4. The molecule has 0 atom stereocenters. The Morgan fingerprint density at radius 1 is 1.50 bits per heavy atom. The molecule has 1 heterocycles. The van der Waals surface area contributed by atoms with Gasteiger partial charge in [0, 0.05) is 11.5 Å². The lowest BCUT2D eigenvalue weighted by Gasteiger charge is -2.06. The second kappa shape index (κ2) is 6.06. The predicted octanol–water partition coefficient (Wildman–Crippen LogP) is 3.96. The second-order valence-electron chi connectivity index (χ2n) is 4.38. The normalized spacial score (nSPS) is 10.8. The van der Waals surface area contributed by atoms with E-state index in [1.54, 1.807) is 23.9 Å². The highest BCUT2D eigenvalue weighted by atomic mass is 79.9. The van der Waals surface area contributed by atoms with Gasteiger partial charge in [-0.3, -0.25) is 9.48 Å². The number of Topliss-reactive ketones (excluding diaryl/α,β-unsaturated/α-hetero) is 1. The van der Waals surface area contributed by atoms with Crippen molar-refractivity contribution in [2.75, 3.05) is 0 Å². The third kappa shape index (κ3) is 2.79. The Kier molecular flexibility index (Phi) is 4.60. The van der Waals surface area contributed by atoms with Crippen LogP contribution in [0.2, 0.25) is 5.02 Å². The average molecular weight is 360 g/mol. The maximum atomic E-state index is 13.8. The Labute approximate surface area is 129 Å². The van der Waals surface area contributed by atoms with Gasteiger partial charge in [-0.05, 0) is 34.5 Å². The molecule has 0 fully saturated rings. The highest BCUT2D eigenvalue weighted by molar-refractivity contribution is 9.10. The molecule has 0 amide bonds. The molecule has 0 saturated heterocycles. The predicted molar refractivity (Wildman–Crippen MR) is 79.7 cm³/mol. The maximum Gasteiger partial charge on any atom is 0.172 e. The highest BCUT2D eigenvalue weighted by Crippen LogP contribution is 2.25. The molecule has 2 aromatic rings. The number of rotatable bonds is 4. The molecular weight excluding hydrogens is 347 g/mol. The molecule has 1 aromatic carbocycles. The first-order valence-corrected chi connectivity index (χ1v) is 7.30. The third-order valence-corrected chi connectivity index (χ3v) is 4.17. The number of benzene rings is 1. The van der Waals surface area contributed by atoms with Crippen molar-refractivity contribution >= 4 is 33.3 Å². The Morgan fingerprint density at radius 3 is 2.75 bits per heavy atom. The summed E-state index contributed by atoms with van der Waals surface area (Å²) in [5.74, 6) is -0.874. The summed E-state index contributed by atoms with van der Waals surface area (Å²) in [5, 5.41) is 4.73. The fourth-order valence-electron chi connectivity index (χ4n) is 2.02. The zero-order chi connectivity index (χ0) is 14.9. The summed E-state index contributed by atoms with van der Waals surface area (Å²) in [7, 11) is 1.73. The number of carbonyl (C=O) groups excluding carboxylic acids is 1. The van der Waals surface area contributed by atoms with Crippen molar-refractivity contribution in [1.82, 2.24) is 9.78 Å². The zero-order valence-electron chi connectivity index (χ0n) is 11.1. The summed E-state index contributed by atoms with van der Waals surface area (Å²) in [5.41, 5.74) is 1.39. The van der Waals surface area contributed by atoms with Crippen molar-refractivity contribution in [3.8, 4) is 0 Å². The van der Waals surface area contributed by atoms with E-state index >= 15 is 0 Å². The van der Waals surface area contributed by atoms with Crippen molar-refractivity contribution in [1.29, 1.82) is 0 Å². The minimum absolute atomic E-state index is 0.0157. The maximum absolute atomic E-state index is 13.8. The van der Waals surface area contributed by atoms with Crippen LogP contribution in [0.1, 0.15) is 28.7 Å². The van der Waals surface area contributed by atoms with Crippen LogP contribution in [-0.2, 0) is 19.9 Å². The van der Waals surface area contributed by atoms with Crippen molar-refractivity contribution in [2.45, 2.75) is 19.8 Å². The molecule has 20 heavy (non-hydrogen) atoms. The molecular formula is C14H13BrClFN2O. The topological polar surface area (TPSA) is 34.9 Å². The van der Waals surface area contributed by atoms with Crippen LogP contribution in [0.3, 0.4) is 0 Å². The van der Waals surface area contributed by atoms with Crippen molar-refractivity contribution < 1.29 is 9.18 Å². The fourth-order valence-corrected chi connectivity index (χ4v) is 2.94. The molecule has 2 rings (SSSR count). The lowest BCUT2D eigenvalue weighted by molar-refractivity contribution is 0.0986. The Morgan fingerprint density at radius 2 is 2.20 bits per heavy atom. The van der Waals surface area contributed by atoms with Gasteiger partial charge in [0.25, 0.3) is 0 Å². The second-order valence-corrected chi connectivity index (χ2v) is 5.61. The molecule has 0 aliphatic heterocycles. The standard InChI is InChI=1S/C14H13BrClFN2O/c1-3-10-14(16)11(19(2)18-10)7-12(20)13-8(15)5-4-6-9(13)17/h4-6H,3,7H2,1-2H3. The molecule has 0 aliphatic rings. The molecule has 0 unspecified atom stereocenters. The van der Waals surface area contributed by atoms with Crippen LogP contribution in [0.25, 0.3) is 0 Å². The van der Waals surface area contributed by atoms with Crippen LogP contribution in [0, 0.1) is 5.82 Å². The number of hydrogen-bond acceptors (Lipinski definition) is 2. The largest absolute Gasteiger partial charge is 0.294 e. The lowest BCUT2D eigenvalue weighted by Crippen LogP contribution is -2.10. The first-order valence-electron chi connectivity index (χ1n) is 6.13. The van der Waals surface area contributed by atoms with Gasteiger partial charge >= 0.3 is 0 Å². The summed E-state index contributed by atoms with van der Waals surface area (Å²) in [6, 6.07) is 4.45. The number of hydrogen-bond donors (Lipinski definition) is 0. The van der Waals surface area contributed by atoms with Gasteiger partial charge in [-0.15, -0.1) is 0 Å². The van der Waals surface area contributed by atoms with Gasteiger partial charge in [0.05, 0.1) is 28.4 Å². The molecule has 106 valence electrons. The number of aromatic nitrogens is 2. The van der Waals surface area contributed by atoms with Crippen LogP contribution >= 0.6 is 27.5 Å². The Balaban J connectivity index is 2.36. The van der Waals surface area contributed by atoms with E-state index in [0.29, 0.717) is 21.6 Å². The quantitative estimate of drug-likeness (QED) is 0.774. The van der Waals surface area contributed by atoms with E-state index in [9.17, 15) is 9.18 Å². The van der Waals surface area contributed by atoms with E-state index in [0.717, 1.165) is 5.69 Å². The number of nitrogens with zero attached hydrogens (tertiary/aromatic N) is 2. The van der Waals surface area contributed by atoms with Crippen molar-refractivity contribution in [3.63, 3.8) is 0 Å². The first kappa shape index (κ1) is 15.2. The summed E-state index contributed by atoms with van der Waals surface area (Å²) in [6.45, 7) is 1.94. The molecule has 0 radical (unpaired) electrons. The fraction of sp³-hybridized carbons (Fsp3) is 0.286. The van der Waals surface area contributed by atoms with Crippen molar-refractivity contribution in [3.05, 3.63) is 50.5 Å². The van der Waals surface area contributed by atoms with Gasteiger partial charge in [-0.25, -0.2) is 4.39 Å². The van der Waals surface area contributed by atoms with Gasteiger partial charge in [0.1, 0.15) is 5.82 Å². The summed E-state index contributed by atoms with van der Waals surface area (Å²) in [6.07, 6.45) is 0.701. The summed E-state index contributed by atoms with van der Waals surface area (Å²) < 4.78 is 15.8. The van der Waals surface area contributed by atoms with Crippen LogP contribution in [0.15, 0.2) is 22.7 Å². The van der Waals surface area contributed by atoms with Gasteiger partial charge < -0.3 is 0 Å². The first-order chi connectivity index (χ1) is 9.45. The van der Waals surface area contributed by atoms with E-state index in [4.69, 9.17) is 11.6 Å². The number of aryl methyl sites for hydroxylation is 2.